The number of rotatable bonds is 7. The molecule has 4 rings (SSSR count). The lowest BCUT2D eigenvalue weighted by molar-refractivity contribution is -0.122. The zero-order valence-corrected chi connectivity index (χ0v) is 19.1. The van der Waals surface area contributed by atoms with Crippen LogP contribution in [0.15, 0.2) is 78.4 Å². The lowest BCUT2D eigenvalue weighted by Gasteiger charge is -2.16. The molecular formula is C26H25N3O2S. The van der Waals surface area contributed by atoms with Crippen LogP contribution in [0.2, 0.25) is 0 Å². The molecule has 32 heavy (non-hydrogen) atoms. The van der Waals surface area contributed by atoms with Gasteiger partial charge in [-0.1, -0.05) is 38.1 Å². The Morgan fingerprint density at radius 2 is 1.78 bits per heavy atom. The van der Waals surface area contributed by atoms with Crippen LogP contribution in [0.1, 0.15) is 32.3 Å². The Morgan fingerprint density at radius 3 is 2.50 bits per heavy atom. The second-order valence-electron chi connectivity index (χ2n) is 7.83. The minimum atomic E-state index is -0.625. The molecule has 1 atom stereocenters. The summed E-state index contributed by atoms with van der Waals surface area (Å²) in [5.41, 5.74) is 4.72. The minimum Gasteiger partial charge on any atom is -0.481 e. The molecule has 0 spiro atoms. The normalized spacial score (nSPS) is 11.9. The van der Waals surface area contributed by atoms with Crippen LogP contribution >= 0.6 is 11.3 Å². The fraction of sp³-hybridized carbons (Fsp3) is 0.192. The molecule has 0 saturated heterocycles. The molecular weight excluding hydrogens is 418 g/mol. The van der Waals surface area contributed by atoms with Crippen molar-refractivity contribution in [2.24, 2.45) is 0 Å². The molecule has 5 nitrogen and oxygen atoms in total. The third-order valence-corrected chi connectivity index (χ3v) is 5.96. The van der Waals surface area contributed by atoms with Gasteiger partial charge in [-0.3, -0.25) is 9.78 Å². The first-order valence-corrected chi connectivity index (χ1v) is 11.4. The Hall–Kier alpha value is -3.51. The molecule has 6 heteroatoms. The Bertz CT molecular complexity index is 1190. The van der Waals surface area contributed by atoms with Gasteiger partial charge in [0.25, 0.3) is 5.91 Å². The Kier molecular flexibility index (Phi) is 6.61. The fourth-order valence-corrected chi connectivity index (χ4v) is 4.04. The summed E-state index contributed by atoms with van der Waals surface area (Å²) in [7, 11) is 0. The number of anilines is 1. The summed E-state index contributed by atoms with van der Waals surface area (Å²) in [6, 6.07) is 19.4. The van der Waals surface area contributed by atoms with Crippen molar-refractivity contribution in [3.8, 4) is 27.6 Å². The van der Waals surface area contributed by atoms with Crippen LogP contribution in [-0.2, 0) is 4.79 Å². The lowest BCUT2D eigenvalue weighted by Crippen LogP contribution is -2.30. The first-order chi connectivity index (χ1) is 15.5. The first-order valence-electron chi connectivity index (χ1n) is 10.5. The maximum absolute atomic E-state index is 12.7. The number of hydrogen-bond donors (Lipinski definition) is 1. The quantitative estimate of drug-likeness (QED) is 0.359. The van der Waals surface area contributed by atoms with E-state index in [0.717, 1.165) is 21.8 Å². The number of amides is 1. The van der Waals surface area contributed by atoms with Gasteiger partial charge in [-0.15, -0.1) is 11.3 Å². The zero-order valence-electron chi connectivity index (χ0n) is 18.3. The van der Waals surface area contributed by atoms with Crippen LogP contribution in [0.25, 0.3) is 21.8 Å². The second-order valence-corrected chi connectivity index (χ2v) is 8.69. The van der Waals surface area contributed by atoms with Crippen LogP contribution in [0, 0.1) is 0 Å². The topological polar surface area (TPSA) is 64.1 Å². The Morgan fingerprint density at radius 1 is 1.00 bits per heavy atom. The van der Waals surface area contributed by atoms with E-state index in [-0.39, 0.29) is 5.91 Å². The molecule has 0 radical (unpaired) electrons. The minimum absolute atomic E-state index is 0.204. The number of thiazole rings is 1. The Balaban J connectivity index is 1.42. The summed E-state index contributed by atoms with van der Waals surface area (Å²) >= 11 is 1.57. The lowest BCUT2D eigenvalue weighted by atomic mass is 10.0. The summed E-state index contributed by atoms with van der Waals surface area (Å²) < 4.78 is 5.82. The van der Waals surface area contributed by atoms with Crippen LogP contribution in [0.5, 0.6) is 5.75 Å². The van der Waals surface area contributed by atoms with E-state index in [1.165, 1.54) is 5.56 Å². The predicted molar refractivity (Wildman–Crippen MR) is 130 cm³/mol. The predicted octanol–water partition coefficient (Wildman–Crippen LogP) is 6.40. The maximum Gasteiger partial charge on any atom is 0.265 e. The number of benzene rings is 2. The molecule has 162 valence electrons. The van der Waals surface area contributed by atoms with Gasteiger partial charge in [-0.2, -0.15) is 0 Å². The molecule has 2 heterocycles. The number of nitrogens with one attached hydrogen (secondary N) is 1. The number of nitrogens with zero attached hydrogens (tertiary/aromatic N) is 2. The van der Waals surface area contributed by atoms with E-state index in [4.69, 9.17) is 9.72 Å². The van der Waals surface area contributed by atoms with Crippen molar-refractivity contribution in [2.75, 3.05) is 5.32 Å². The number of carbonyl (C=O) groups is 1. The van der Waals surface area contributed by atoms with E-state index in [1.807, 2.05) is 66.0 Å². The number of hydrogen-bond acceptors (Lipinski definition) is 5. The molecule has 0 saturated carbocycles. The number of ether oxygens (including phenoxy) is 1. The SMILES string of the molecule is CC(Oc1ccc(C(C)C)cc1)C(=O)Nc1cccc(-c2csc(-c3cccnc3)n2)c1. The van der Waals surface area contributed by atoms with Gasteiger partial charge in [-0.25, -0.2) is 4.98 Å². The van der Waals surface area contributed by atoms with E-state index in [0.29, 0.717) is 17.4 Å². The standard InChI is InChI=1S/C26H25N3O2S/c1-17(2)19-9-11-23(12-10-19)31-18(3)25(30)28-22-8-4-6-20(14-22)24-16-32-26(29-24)21-7-5-13-27-15-21/h4-18H,1-3H3,(H,28,30). The molecule has 0 aliphatic rings. The van der Waals surface area contributed by atoms with Gasteiger partial charge in [0.05, 0.1) is 5.69 Å². The van der Waals surface area contributed by atoms with Crippen LogP contribution < -0.4 is 10.1 Å². The molecule has 1 unspecified atom stereocenters. The van der Waals surface area contributed by atoms with Crippen molar-refractivity contribution >= 4 is 22.9 Å². The summed E-state index contributed by atoms with van der Waals surface area (Å²) in [6.07, 6.45) is 2.92. The van der Waals surface area contributed by atoms with Gasteiger partial charge in [0.1, 0.15) is 10.8 Å². The summed E-state index contributed by atoms with van der Waals surface area (Å²) in [5.74, 6) is 0.927. The molecule has 0 aliphatic carbocycles. The molecule has 0 fully saturated rings. The molecule has 1 N–H and O–H groups in total. The molecule has 1 amide bonds. The number of pyridine rings is 1. The van der Waals surface area contributed by atoms with Gasteiger partial charge < -0.3 is 10.1 Å². The van der Waals surface area contributed by atoms with E-state index in [2.05, 4.69) is 24.1 Å². The van der Waals surface area contributed by atoms with Gasteiger partial charge >= 0.3 is 0 Å². The van der Waals surface area contributed by atoms with E-state index in [1.54, 1.807) is 30.7 Å². The van der Waals surface area contributed by atoms with E-state index in [9.17, 15) is 4.79 Å². The smallest absolute Gasteiger partial charge is 0.265 e. The molecule has 0 aliphatic heterocycles. The average molecular weight is 444 g/mol. The van der Waals surface area contributed by atoms with Crippen LogP contribution in [0.4, 0.5) is 5.69 Å². The monoisotopic (exact) mass is 443 g/mol. The second kappa shape index (κ2) is 9.75. The van der Waals surface area contributed by atoms with Crippen molar-refractivity contribution in [1.82, 2.24) is 9.97 Å². The summed E-state index contributed by atoms with van der Waals surface area (Å²) in [5, 5.41) is 5.86. The van der Waals surface area contributed by atoms with Gasteiger partial charge in [0.15, 0.2) is 6.10 Å². The number of carbonyl (C=O) groups excluding carboxylic acids is 1. The molecule has 4 aromatic rings. The highest BCUT2D eigenvalue weighted by molar-refractivity contribution is 7.13. The van der Waals surface area contributed by atoms with Gasteiger partial charge in [0.2, 0.25) is 0 Å². The van der Waals surface area contributed by atoms with Gasteiger partial charge in [0, 0.05) is 34.6 Å². The zero-order chi connectivity index (χ0) is 22.5. The summed E-state index contributed by atoms with van der Waals surface area (Å²) in [6.45, 7) is 6.03. The highest BCUT2D eigenvalue weighted by Gasteiger charge is 2.16. The van der Waals surface area contributed by atoms with Crippen molar-refractivity contribution < 1.29 is 9.53 Å². The maximum atomic E-state index is 12.7. The van der Waals surface area contributed by atoms with E-state index < -0.39 is 6.10 Å². The first kappa shape index (κ1) is 21.7. The molecule has 0 bridgehead atoms. The highest BCUT2D eigenvalue weighted by Crippen LogP contribution is 2.29. The van der Waals surface area contributed by atoms with Crippen LogP contribution in [-0.4, -0.2) is 22.0 Å². The van der Waals surface area contributed by atoms with Crippen molar-refractivity contribution in [2.45, 2.75) is 32.8 Å². The molecule has 2 aromatic heterocycles. The van der Waals surface area contributed by atoms with Crippen LogP contribution in [0.3, 0.4) is 0 Å². The largest absolute Gasteiger partial charge is 0.481 e. The fourth-order valence-electron chi connectivity index (χ4n) is 3.22. The summed E-state index contributed by atoms with van der Waals surface area (Å²) in [4.78, 5) is 21.6. The Labute approximate surface area is 192 Å². The van der Waals surface area contributed by atoms with E-state index >= 15 is 0 Å². The van der Waals surface area contributed by atoms with Gasteiger partial charge in [-0.05, 0) is 54.8 Å². The third kappa shape index (κ3) is 5.21. The van der Waals surface area contributed by atoms with Crippen molar-refractivity contribution in [3.05, 3.63) is 84.0 Å². The van der Waals surface area contributed by atoms with Crippen molar-refractivity contribution in [3.63, 3.8) is 0 Å². The third-order valence-electron chi connectivity index (χ3n) is 5.07. The average Bonchev–Trinajstić information content (AvgIpc) is 3.31. The number of aromatic nitrogens is 2. The van der Waals surface area contributed by atoms with Crippen molar-refractivity contribution in [1.29, 1.82) is 0 Å². The highest BCUT2D eigenvalue weighted by atomic mass is 32.1. The molecule has 2 aromatic carbocycles.